The van der Waals surface area contributed by atoms with Gasteiger partial charge < -0.3 is 20.4 Å². The zero-order valence-electron chi connectivity index (χ0n) is 11.4. The highest BCUT2D eigenvalue weighted by atomic mass is 32.2. The smallest absolute Gasteiger partial charge is 0.353 e. The van der Waals surface area contributed by atoms with Crippen LogP contribution in [0.2, 0.25) is 0 Å². The van der Waals surface area contributed by atoms with Gasteiger partial charge in [-0.2, -0.15) is 0 Å². The third-order valence-electron chi connectivity index (χ3n) is 3.46. The van der Waals surface area contributed by atoms with Crippen molar-refractivity contribution in [1.29, 1.82) is 0 Å². The van der Waals surface area contributed by atoms with Crippen LogP contribution in [0.5, 0.6) is 0 Å². The van der Waals surface area contributed by atoms with Crippen LogP contribution in [0.1, 0.15) is 19.8 Å². The van der Waals surface area contributed by atoms with E-state index in [-0.39, 0.29) is 36.1 Å². The van der Waals surface area contributed by atoms with Crippen LogP contribution in [0.25, 0.3) is 0 Å². The van der Waals surface area contributed by atoms with E-state index in [1.165, 1.54) is 29.8 Å². The van der Waals surface area contributed by atoms with Crippen molar-refractivity contribution in [3.8, 4) is 0 Å². The number of aliphatic carboxylic acids is 1. The van der Waals surface area contributed by atoms with E-state index in [9.17, 15) is 19.5 Å². The zero-order chi connectivity index (χ0) is 15.6. The number of nitrogens with one attached hydrogen (secondary N) is 1. The molecule has 3 N–H and O–H groups in total. The second-order valence-electron chi connectivity index (χ2n) is 4.80. The lowest BCUT2D eigenvalue weighted by atomic mass is 9.85. The van der Waals surface area contributed by atoms with Crippen molar-refractivity contribution in [3.05, 3.63) is 22.2 Å². The molecule has 2 aliphatic heterocycles. The normalized spacial score (nSPS) is 24.3. The SMILES string of the molecule is CC(=O)N/C=C/SC1=C(C(=O)O)N2C(=O)[C@H](CCO)[C@H]2C1. The van der Waals surface area contributed by atoms with E-state index in [1.54, 1.807) is 5.41 Å². The molecule has 0 saturated carbocycles. The minimum atomic E-state index is -1.14. The van der Waals surface area contributed by atoms with Gasteiger partial charge >= 0.3 is 5.97 Å². The maximum absolute atomic E-state index is 11.9. The van der Waals surface area contributed by atoms with Gasteiger partial charge in [-0.05, 0) is 11.8 Å². The van der Waals surface area contributed by atoms with Crippen LogP contribution in [0.4, 0.5) is 0 Å². The molecule has 0 aromatic carbocycles. The summed E-state index contributed by atoms with van der Waals surface area (Å²) < 4.78 is 0. The largest absolute Gasteiger partial charge is 0.477 e. The summed E-state index contributed by atoms with van der Waals surface area (Å²) in [7, 11) is 0. The minimum Gasteiger partial charge on any atom is -0.477 e. The molecule has 2 rings (SSSR count). The lowest BCUT2D eigenvalue weighted by molar-refractivity contribution is -0.155. The highest BCUT2D eigenvalue weighted by molar-refractivity contribution is 8.05. The van der Waals surface area contributed by atoms with Crippen LogP contribution >= 0.6 is 11.8 Å². The maximum Gasteiger partial charge on any atom is 0.353 e. The van der Waals surface area contributed by atoms with Crippen LogP contribution in [-0.2, 0) is 14.4 Å². The first-order valence-corrected chi connectivity index (χ1v) is 7.34. The fourth-order valence-corrected chi connectivity index (χ4v) is 3.45. The van der Waals surface area contributed by atoms with E-state index >= 15 is 0 Å². The predicted molar refractivity (Wildman–Crippen MR) is 75.7 cm³/mol. The lowest BCUT2D eigenvalue weighted by Gasteiger charge is -2.43. The second kappa shape index (κ2) is 6.31. The molecule has 0 radical (unpaired) electrons. The Kier molecular flexibility index (Phi) is 4.69. The van der Waals surface area contributed by atoms with Gasteiger partial charge in [0.05, 0.1) is 12.0 Å². The molecule has 7 nitrogen and oxygen atoms in total. The van der Waals surface area contributed by atoms with Gasteiger partial charge in [0.25, 0.3) is 0 Å². The number of carbonyl (C=O) groups is 3. The molecule has 0 spiro atoms. The summed E-state index contributed by atoms with van der Waals surface area (Å²) >= 11 is 1.18. The quantitative estimate of drug-likeness (QED) is 0.606. The minimum absolute atomic E-state index is 0.0108. The Morgan fingerprint density at radius 3 is 2.81 bits per heavy atom. The average Bonchev–Trinajstić information content (AvgIpc) is 2.76. The molecule has 1 saturated heterocycles. The summed E-state index contributed by atoms with van der Waals surface area (Å²) in [4.78, 5) is 35.9. The van der Waals surface area contributed by atoms with E-state index in [0.29, 0.717) is 17.7 Å². The fourth-order valence-electron chi connectivity index (χ4n) is 2.58. The summed E-state index contributed by atoms with van der Waals surface area (Å²) in [6.07, 6.45) is 2.25. The van der Waals surface area contributed by atoms with Gasteiger partial charge in [-0.25, -0.2) is 4.79 Å². The standard InChI is InChI=1S/C13H16N2O5S/c1-7(17)14-3-5-21-10-6-9-8(2-4-16)12(18)15(9)11(10)13(19)20/h3,5,8-9,16H,2,4,6H2,1H3,(H,14,17)(H,19,20)/b5-3+/t8-,9-/m1/s1. The molecule has 0 aliphatic carbocycles. The van der Waals surface area contributed by atoms with Crippen molar-refractivity contribution in [2.24, 2.45) is 5.92 Å². The van der Waals surface area contributed by atoms with Crippen molar-refractivity contribution in [2.45, 2.75) is 25.8 Å². The number of aliphatic hydroxyl groups is 1. The molecule has 0 aromatic rings. The van der Waals surface area contributed by atoms with Gasteiger partial charge in [-0.1, -0.05) is 11.8 Å². The van der Waals surface area contributed by atoms with E-state index in [2.05, 4.69) is 5.32 Å². The molecule has 114 valence electrons. The molecule has 2 amide bonds. The monoisotopic (exact) mass is 312 g/mol. The highest BCUT2D eigenvalue weighted by Gasteiger charge is 2.54. The topological polar surface area (TPSA) is 107 Å². The molecule has 2 heterocycles. The fraction of sp³-hybridized carbons (Fsp3) is 0.462. The van der Waals surface area contributed by atoms with E-state index in [4.69, 9.17) is 5.11 Å². The first-order valence-electron chi connectivity index (χ1n) is 6.46. The van der Waals surface area contributed by atoms with Crippen LogP contribution in [-0.4, -0.2) is 45.5 Å². The Balaban J connectivity index is 2.09. The third kappa shape index (κ3) is 2.96. The number of carboxylic acid groups (broad SMARTS) is 1. The van der Waals surface area contributed by atoms with Crippen molar-refractivity contribution < 1.29 is 24.6 Å². The van der Waals surface area contributed by atoms with Gasteiger partial charge in [0, 0.05) is 31.1 Å². The molecule has 21 heavy (non-hydrogen) atoms. The number of hydrogen-bond donors (Lipinski definition) is 3. The molecule has 2 atom stereocenters. The Morgan fingerprint density at radius 1 is 1.52 bits per heavy atom. The number of aliphatic hydroxyl groups excluding tert-OH is 1. The number of carboxylic acids is 1. The van der Waals surface area contributed by atoms with Gasteiger partial charge in [-0.15, -0.1) is 0 Å². The van der Waals surface area contributed by atoms with E-state index in [1.807, 2.05) is 0 Å². The third-order valence-corrected chi connectivity index (χ3v) is 4.37. The molecule has 1 fully saturated rings. The van der Waals surface area contributed by atoms with Crippen LogP contribution in [0.15, 0.2) is 22.2 Å². The molecular weight excluding hydrogens is 296 g/mol. The van der Waals surface area contributed by atoms with Gasteiger partial charge in [-0.3, -0.25) is 9.59 Å². The molecular formula is C13H16N2O5S. The van der Waals surface area contributed by atoms with Gasteiger partial charge in [0.1, 0.15) is 5.70 Å². The molecule has 8 heteroatoms. The number of hydrogen-bond acceptors (Lipinski definition) is 5. The zero-order valence-corrected chi connectivity index (χ0v) is 12.2. The highest BCUT2D eigenvalue weighted by Crippen LogP contribution is 2.47. The first kappa shape index (κ1) is 15.6. The van der Waals surface area contributed by atoms with Crippen LogP contribution in [0, 0.1) is 5.92 Å². The van der Waals surface area contributed by atoms with Crippen molar-refractivity contribution in [1.82, 2.24) is 10.2 Å². The first-order chi connectivity index (χ1) is 9.97. The molecule has 0 aromatic heterocycles. The number of β-lactam (4-membered cyclic amide) rings is 1. The van der Waals surface area contributed by atoms with Gasteiger partial charge in [0.15, 0.2) is 0 Å². The summed E-state index contributed by atoms with van der Waals surface area (Å²) in [5, 5.41) is 22.3. The lowest BCUT2D eigenvalue weighted by Crippen LogP contribution is -2.58. The van der Waals surface area contributed by atoms with Crippen molar-refractivity contribution >= 4 is 29.5 Å². The molecule has 2 aliphatic rings. The average molecular weight is 312 g/mol. The second-order valence-corrected chi connectivity index (χ2v) is 5.80. The van der Waals surface area contributed by atoms with Crippen molar-refractivity contribution in [2.75, 3.05) is 6.61 Å². The summed E-state index contributed by atoms with van der Waals surface area (Å²) in [5.41, 5.74) is 0.0108. The number of nitrogens with zero attached hydrogens (tertiary/aromatic N) is 1. The van der Waals surface area contributed by atoms with Crippen LogP contribution < -0.4 is 5.32 Å². The Morgan fingerprint density at radius 2 is 2.24 bits per heavy atom. The molecule has 0 unspecified atom stereocenters. The van der Waals surface area contributed by atoms with E-state index in [0.717, 1.165) is 0 Å². The van der Waals surface area contributed by atoms with Crippen molar-refractivity contribution in [3.63, 3.8) is 0 Å². The summed E-state index contributed by atoms with van der Waals surface area (Å²) in [6, 6.07) is -0.174. The number of thioether (sulfide) groups is 1. The Bertz CT molecular complexity index is 543. The maximum atomic E-state index is 11.9. The number of rotatable bonds is 6. The summed E-state index contributed by atoms with van der Waals surface area (Å²) in [6.45, 7) is 1.28. The number of amides is 2. The van der Waals surface area contributed by atoms with Crippen LogP contribution in [0.3, 0.4) is 0 Å². The predicted octanol–water partition coefficient (Wildman–Crippen LogP) is 0.236. The molecule has 0 bridgehead atoms. The Hall–Kier alpha value is -1.80. The van der Waals surface area contributed by atoms with E-state index < -0.39 is 5.97 Å². The Labute approximate surface area is 125 Å². The number of carbonyl (C=O) groups excluding carboxylic acids is 2. The number of fused-ring (bicyclic) bond motifs is 1. The van der Waals surface area contributed by atoms with Gasteiger partial charge in [0.2, 0.25) is 11.8 Å². The summed E-state index contributed by atoms with van der Waals surface area (Å²) in [5.74, 6) is -1.90.